The largest absolute Gasteiger partial charge is 0.490 e. The zero-order valence-corrected chi connectivity index (χ0v) is 17.8. The Morgan fingerprint density at radius 2 is 1.90 bits per heavy atom. The maximum Gasteiger partial charge on any atom is 0.258 e. The van der Waals surface area contributed by atoms with E-state index in [2.05, 4.69) is 5.10 Å². The lowest BCUT2D eigenvalue weighted by Crippen LogP contribution is -2.27. The van der Waals surface area contributed by atoms with Crippen LogP contribution in [0, 0.1) is 5.82 Å². The first-order valence-corrected chi connectivity index (χ1v) is 11.1. The summed E-state index contributed by atoms with van der Waals surface area (Å²) >= 11 is 0. The highest BCUT2D eigenvalue weighted by Gasteiger charge is 2.29. The zero-order valence-electron chi connectivity index (χ0n) is 17.0. The summed E-state index contributed by atoms with van der Waals surface area (Å²) in [7, 11) is -1.21. The highest BCUT2D eigenvalue weighted by atomic mass is 32.2. The van der Waals surface area contributed by atoms with Crippen LogP contribution in [0.15, 0.2) is 53.6 Å². The molecule has 8 heteroatoms. The van der Waals surface area contributed by atoms with Crippen LogP contribution in [0.1, 0.15) is 35.5 Å². The Morgan fingerprint density at radius 3 is 2.53 bits per heavy atom. The lowest BCUT2D eigenvalue weighted by atomic mass is 10.1. The van der Waals surface area contributed by atoms with Crippen LogP contribution in [0.3, 0.4) is 0 Å². The highest BCUT2D eigenvalue weighted by Crippen LogP contribution is 2.29. The quantitative estimate of drug-likeness (QED) is 0.623. The van der Waals surface area contributed by atoms with E-state index in [-0.39, 0.29) is 17.8 Å². The lowest BCUT2D eigenvalue weighted by molar-refractivity contribution is 0.0742. The van der Waals surface area contributed by atoms with Gasteiger partial charge in [-0.05, 0) is 56.3 Å². The predicted octanol–water partition coefficient (Wildman–Crippen LogP) is 3.69. The van der Waals surface area contributed by atoms with Crippen LogP contribution >= 0.6 is 0 Å². The minimum Gasteiger partial charge on any atom is -0.490 e. The number of hydrogen-bond donors (Lipinski definition) is 0. The lowest BCUT2D eigenvalue weighted by Gasteiger charge is -2.20. The van der Waals surface area contributed by atoms with E-state index < -0.39 is 10.8 Å². The van der Waals surface area contributed by atoms with Crippen LogP contribution < -0.4 is 4.74 Å². The molecule has 0 saturated heterocycles. The molecule has 1 unspecified atom stereocenters. The zero-order chi connectivity index (χ0) is 21.4. The Labute approximate surface area is 176 Å². The number of hydrogen-bond acceptors (Lipinski definition) is 4. The van der Waals surface area contributed by atoms with E-state index >= 15 is 0 Å². The number of amides is 1. The molecule has 3 aromatic rings. The molecule has 0 aliphatic carbocycles. The molecule has 2 heterocycles. The summed E-state index contributed by atoms with van der Waals surface area (Å²) in [5.74, 6) is -0.0146. The summed E-state index contributed by atoms with van der Waals surface area (Å²) in [6.07, 6.45) is 3.35. The molecule has 1 aliphatic heterocycles. The molecule has 156 valence electrons. The number of ether oxygens (including phenoxy) is 1. The van der Waals surface area contributed by atoms with Crippen molar-refractivity contribution in [3.63, 3.8) is 0 Å². The van der Waals surface area contributed by atoms with E-state index in [1.54, 1.807) is 46.2 Å². The van der Waals surface area contributed by atoms with E-state index in [1.807, 2.05) is 20.0 Å². The van der Waals surface area contributed by atoms with Crippen molar-refractivity contribution in [1.82, 2.24) is 14.7 Å². The molecule has 4 rings (SSSR count). The molecule has 1 aromatic heterocycles. The number of nitrogens with zero attached hydrogens (tertiary/aromatic N) is 3. The molecular weight excluding hydrogens is 405 g/mol. The van der Waals surface area contributed by atoms with Crippen molar-refractivity contribution >= 4 is 16.7 Å². The molecule has 0 spiro atoms. The van der Waals surface area contributed by atoms with Crippen LogP contribution in [-0.2, 0) is 23.9 Å². The highest BCUT2D eigenvalue weighted by molar-refractivity contribution is 7.84. The number of halogens is 1. The van der Waals surface area contributed by atoms with Crippen molar-refractivity contribution in [3.05, 3.63) is 71.3 Å². The smallest absolute Gasteiger partial charge is 0.258 e. The third-order valence-corrected chi connectivity index (χ3v) is 5.75. The minimum absolute atomic E-state index is 0.0937. The monoisotopic (exact) mass is 427 g/mol. The fourth-order valence-corrected chi connectivity index (χ4v) is 3.95. The van der Waals surface area contributed by atoms with Gasteiger partial charge in [-0.1, -0.05) is 0 Å². The Bertz CT molecular complexity index is 1100. The van der Waals surface area contributed by atoms with E-state index in [9.17, 15) is 13.4 Å². The van der Waals surface area contributed by atoms with Gasteiger partial charge in [-0.15, -0.1) is 0 Å². The number of carbonyl (C=O) groups is 1. The second kappa shape index (κ2) is 8.02. The first-order chi connectivity index (χ1) is 14.3. The number of carbonyl (C=O) groups excluding carboxylic acids is 1. The maximum absolute atomic E-state index is 13.3. The molecule has 0 radical (unpaired) electrons. The van der Waals surface area contributed by atoms with E-state index in [1.165, 1.54) is 12.1 Å². The summed E-state index contributed by atoms with van der Waals surface area (Å²) in [5.41, 5.74) is 2.89. The molecule has 6 nitrogen and oxygen atoms in total. The topological polar surface area (TPSA) is 64.4 Å². The second-order valence-corrected chi connectivity index (χ2v) is 8.84. The van der Waals surface area contributed by atoms with Crippen LogP contribution in [0.4, 0.5) is 4.39 Å². The van der Waals surface area contributed by atoms with Gasteiger partial charge in [0.15, 0.2) is 0 Å². The van der Waals surface area contributed by atoms with Gasteiger partial charge in [0.2, 0.25) is 0 Å². The fourth-order valence-electron chi connectivity index (χ4n) is 3.40. The summed E-state index contributed by atoms with van der Waals surface area (Å²) in [6, 6.07) is 11.2. The summed E-state index contributed by atoms with van der Waals surface area (Å²) < 4.78 is 32.6. The van der Waals surface area contributed by atoms with E-state index in [0.29, 0.717) is 29.3 Å². The van der Waals surface area contributed by atoms with Crippen LogP contribution in [0.5, 0.6) is 5.75 Å². The van der Waals surface area contributed by atoms with Crippen LogP contribution in [0.25, 0.3) is 5.69 Å². The molecule has 0 bridgehead atoms. The third-order valence-electron chi connectivity index (χ3n) is 4.83. The number of aromatic nitrogens is 2. The van der Waals surface area contributed by atoms with Crippen molar-refractivity contribution in [2.45, 2.75) is 37.9 Å². The fraction of sp³-hybridized carbons (Fsp3) is 0.273. The second-order valence-electron chi connectivity index (χ2n) is 7.46. The van der Waals surface area contributed by atoms with Gasteiger partial charge in [0.25, 0.3) is 5.91 Å². The molecule has 1 amide bonds. The van der Waals surface area contributed by atoms with Gasteiger partial charge in [-0.2, -0.15) is 5.10 Å². The SMILES string of the molecule is CC(C)Oc1ccc(S(C)=O)cc1C(=O)N1Cc2cn(-c3ccc(F)cc3)nc2C1. The van der Waals surface area contributed by atoms with Gasteiger partial charge >= 0.3 is 0 Å². The summed E-state index contributed by atoms with van der Waals surface area (Å²) in [6.45, 7) is 4.56. The Balaban J connectivity index is 1.58. The molecule has 1 atom stereocenters. The standard InChI is InChI=1S/C22H22FN3O3S/c1-14(2)29-21-9-8-18(30(3)28)10-19(21)22(27)25-11-15-12-26(24-20(15)13-25)17-6-4-16(23)5-7-17/h4-10,12,14H,11,13H2,1-3H3. The van der Waals surface area contributed by atoms with Gasteiger partial charge in [0, 0.05) is 40.3 Å². The van der Waals surface area contributed by atoms with Crippen molar-refractivity contribution in [3.8, 4) is 11.4 Å². The average molecular weight is 428 g/mol. The van der Waals surface area contributed by atoms with Gasteiger partial charge in [0.1, 0.15) is 11.6 Å². The summed E-state index contributed by atoms with van der Waals surface area (Å²) in [5, 5.41) is 4.55. The van der Waals surface area contributed by atoms with Crippen molar-refractivity contribution < 1.29 is 18.1 Å². The van der Waals surface area contributed by atoms with Crippen molar-refractivity contribution in [2.24, 2.45) is 0 Å². The van der Waals surface area contributed by atoms with E-state index in [4.69, 9.17) is 4.74 Å². The number of benzene rings is 2. The normalized spacial score (nSPS) is 14.1. The first kappa shape index (κ1) is 20.3. The third kappa shape index (κ3) is 4.00. The van der Waals surface area contributed by atoms with Crippen LogP contribution in [-0.4, -0.2) is 37.2 Å². The number of fused-ring (bicyclic) bond motifs is 1. The van der Waals surface area contributed by atoms with E-state index in [0.717, 1.165) is 16.9 Å². The minimum atomic E-state index is -1.21. The Morgan fingerprint density at radius 1 is 1.17 bits per heavy atom. The molecule has 0 saturated carbocycles. The molecular formula is C22H22FN3O3S. The van der Waals surface area contributed by atoms with Crippen molar-refractivity contribution in [2.75, 3.05) is 6.26 Å². The first-order valence-electron chi connectivity index (χ1n) is 9.58. The number of rotatable bonds is 5. The van der Waals surface area contributed by atoms with Gasteiger partial charge in [-0.25, -0.2) is 9.07 Å². The van der Waals surface area contributed by atoms with Crippen LogP contribution in [0.2, 0.25) is 0 Å². The van der Waals surface area contributed by atoms with Gasteiger partial charge in [-0.3, -0.25) is 9.00 Å². The molecule has 0 fully saturated rings. The average Bonchev–Trinajstić information content (AvgIpc) is 3.27. The molecule has 0 N–H and O–H groups in total. The molecule has 1 aliphatic rings. The molecule has 2 aromatic carbocycles. The van der Waals surface area contributed by atoms with Crippen molar-refractivity contribution in [1.29, 1.82) is 0 Å². The van der Waals surface area contributed by atoms with Gasteiger partial charge < -0.3 is 9.64 Å². The predicted molar refractivity (Wildman–Crippen MR) is 112 cm³/mol. The maximum atomic E-state index is 13.3. The molecule has 30 heavy (non-hydrogen) atoms. The summed E-state index contributed by atoms with van der Waals surface area (Å²) in [4.78, 5) is 15.5. The Kier molecular flexibility index (Phi) is 5.42. The van der Waals surface area contributed by atoms with Gasteiger partial charge in [0.05, 0.1) is 29.6 Å². The Hall–Kier alpha value is -3.00.